The summed E-state index contributed by atoms with van der Waals surface area (Å²) >= 11 is 7.03. The number of aromatic carboxylic acids is 1. The van der Waals surface area contributed by atoms with Crippen LogP contribution in [0.3, 0.4) is 0 Å². The van der Waals surface area contributed by atoms with Crippen LogP contribution in [0.2, 0.25) is 0 Å². The molecule has 2 N–H and O–H groups in total. The lowest BCUT2D eigenvalue weighted by Gasteiger charge is -2.35. The number of benzene rings is 5. The maximum absolute atomic E-state index is 13.5. The van der Waals surface area contributed by atoms with Gasteiger partial charge in [-0.3, -0.25) is 34.5 Å². The molecule has 12 heterocycles. The number of carbonyl (C=O) groups excluding carboxylic acids is 4. The molecule has 15 aromatic rings. The number of aromatic nitrogens is 5. The summed E-state index contributed by atoms with van der Waals surface area (Å²) in [6.45, 7) is 12.4. The van der Waals surface area contributed by atoms with E-state index in [4.69, 9.17) is 9.47 Å². The minimum Gasteiger partial charge on any atom is -0.477 e. The van der Waals surface area contributed by atoms with Crippen LogP contribution in [0, 0.1) is 29.1 Å². The van der Waals surface area contributed by atoms with E-state index in [2.05, 4.69) is 41.7 Å². The van der Waals surface area contributed by atoms with Gasteiger partial charge < -0.3 is 34.6 Å². The van der Waals surface area contributed by atoms with Crippen LogP contribution in [-0.4, -0.2) is 139 Å². The number of carboxylic acid groups (broad SMARTS) is 1. The molecule has 612 valence electrons. The van der Waals surface area contributed by atoms with Gasteiger partial charge in [0.1, 0.15) is 44.4 Å². The molecule has 0 unspecified atom stereocenters. The van der Waals surface area contributed by atoms with E-state index in [0.29, 0.717) is 60.5 Å². The molecule has 2 aliphatic rings. The zero-order valence-corrected chi connectivity index (χ0v) is 69.8. The molecule has 121 heavy (non-hydrogen) atoms. The number of thiophene rings is 5. The fourth-order valence-corrected chi connectivity index (χ4v) is 18.3. The van der Waals surface area contributed by atoms with E-state index >= 15 is 0 Å². The van der Waals surface area contributed by atoms with Gasteiger partial charge in [-0.1, -0.05) is 60.7 Å². The first-order valence-corrected chi connectivity index (χ1v) is 42.4. The number of halogens is 5. The Bertz CT molecular complexity index is 5970. The van der Waals surface area contributed by atoms with Crippen molar-refractivity contribution in [3.8, 4) is 108 Å². The smallest absolute Gasteiger partial charge is 0.410 e. The third kappa shape index (κ3) is 22.5. The first-order valence-electron chi connectivity index (χ1n) is 38.2. The summed E-state index contributed by atoms with van der Waals surface area (Å²) < 4.78 is 76.5. The van der Waals surface area contributed by atoms with Crippen LogP contribution in [0.4, 0.5) is 26.7 Å². The zero-order chi connectivity index (χ0) is 84.9. The van der Waals surface area contributed by atoms with Crippen LogP contribution in [0.15, 0.2) is 280 Å². The highest BCUT2D eigenvalue weighted by Crippen LogP contribution is 2.45. The fourth-order valence-electron chi connectivity index (χ4n) is 12.9. The van der Waals surface area contributed by atoms with Gasteiger partial charge in [-0.25, -0.2) is 36.3 Å². The molecule has 2 aliphatic heterocycles. The number of hydrogen-bond donors (Lipinski definition) is 2. The lowest BCUT2D eigenvalue weighted by molar-refractivity contribution is 0.0141. The Labute approximate surface area is 715 Å². The molecule has 5 aromatic carbocycles. The second-order valence-electron chi connectivity index (χ2n) is 28.1. The van der Waals surface area contributed by atoms with Crippen molar-refractivity contribution < 1.29 is 60.5 Å². The fraction of sp³-hybridized carbons (Fsp3) is 0.149. The Morgan fingerprint density at radius 2 is 0.645 bits per heavy atom. The van der Waals surface area contributed by atoms with Gasteiger partial charge in [0.05, 0.1) is 16.4 Å². The van der Waals surface area contributed by atoms with E-state index in [-0.39, 0.29) is 57.8 Å². The van der Waals surface area contributed by atoms with E-state index in [0.717, 1.165) is 121 Å². The minimum atomic E-state index is -0.969. The Morgan fingerprint density at radius 3 is 0.967 bits per heavy atom. The van der Waals surface area contributed by atoms with Crippen LogP contribution in [0.1, 0.15) is 66.4 Å². The first kappa shape index (κ1) is 86.0. The summed E-state index contributed by atoms with van der Waals surface area (Å²) in [5.41, 5.74) is 13.6. The van der Waals surface area contributed by atoms with Crippen molar-refractivity contribution in [2.45, 2.75) is 33.3 Å². The van der Waals surface area contributed by atoms with Crippen molar-refractivity contribution in [1.29, 1.82) is 0 Å². The van der Waals surface area contributed by atoms with Crippen molar-refractivity contribution in [2.24, 2.45) is 0 Å². The average molecular weight is 1720 g/mol. The third-order valence-electron chi connectivity index (χ3n) is 18.8. The van der Waals surface area contributed by atoms with Gasteiger partial charge in [0.25, 0.3) is 11.8 Å². The molecule has 0 bridgehead atoms. The van der Waals surface area contributed by atoms with Gasteiger partial charge in [0.15, 0.2) is 0 Å². The van der Waals surface area contributed by atoms with Crippen LogP contribution in [-0.2, 0) is 9.47 Å². The number of ether oxygens (including phenoxy) is 2. The molecular formula is C94H78F5N9O8S5. The highest BCUT2D eigenvalue weighted by atomic mass is 32.1. The molecular weight excluding hydrogens is 1640 g/mol. The van der Waals surface area contributed by atoms with Crippen molar-refractivity contribution in [2.75, 3.05) is 59.0 Å². The van der Waals surface area contributed by atoms with Gasteiger partial charge in [-0.15, -0.1) is 56.7 Å². The van der Waals surface area contributed by atoms with Gasteiger partial charge in [-0.05, 0) is 240 Å². The monoisotopic (exact) mass is 1720 g/mol. The summed E-state index contributed by atoms with van der Waals surface area (Å²) in [5.74, 6) is -2.73. The highest BCUT2D eigenvalue weighted by Gasteiger charge is 2.31. The zero-order valence-electron chi connectivity index (χ0n) is 65.7. The van der Waals surface area contributed by atoms with Crippen molar-refractivity contribution in [3.63, 3.8) is 0 Å². The number of piperazine rings is 2. The molecule has 10 aromatic heterocycles. The Balaban J connectivity index is 0.000000132. The number of nitrogens with zero attached hydrogens (tertiary/aromatic N) is 8. The van der Waals surface area contributed by atoms with E-state index in [9.17, 15) is 51.0 Å². The van der Waals surface area contributed by atoms with E-state index in [1.807, 2.05) is 117 Å². The number of esters is 1. The van der Waals surface area contributed by atoms with Crippen LogP contribution in [0.5, 0.6) is 0 Å². The SMILES string of the molecule is CC(C)(C)OC(=O)N1CCN(C(=O)c2cc(-c3ccncc3)c(-c3ccc(F)cc3)s2)CC1.CCOC(=O)c1cc(-c2ccncc2)c(-c2ccc(F)cc2)s1.Fc1ccc(-c2sccc2-c2ccncc2)cc1.O=C(O)c1cc(-c2ccncc2)c(-c2ccc(F)cc2)s1.O=C(c1cc(-c2ccncc2)c(-c2ccc(F)cc2)s1)N1CCNCC1. The van der Waals surface area contributed by atoms with E-state index in [1.165, 1.54) is 106 Å². The topological polar surface area (TPSA) is 210 Å². The maximum atomic E-state index is 13.5. The summed E-state index contributed by atoms with van der Waals surface area (Å²) in [4.78, 5) is 94.1. The van der Waals surface area contributed by atoms with Gasteiger partial charge in [0.2, 0.25) is 0 Å². The number of carbonyl (C=O) groups is 5. The van der Waals surface area contributed by atoms with Crippen LogP contribution < -0.4 is 5.32 Å². The molecule has 0 aliphatic carbocycles. The highest BCUT2D eigenvalue weighted by molar-refractivity contribution is 7.19. The number of nitrogens with one attached hydrogen (secondary N) is 1. The average Bonchev–Trinajstić information content (AvgIpc) is 1.66. The normalized spacial score (nSPS) is 12.4. The predicted molar refractivity (Wildman–Crippen MR) is 470 cm³/mol. The number of carboxylic acids is 1. The summed E-state index contributed by atoms with van der Waals surface area (Å²) in [7, 11) is 0. The first-order chi connectivity index (χ1) is 58.6. The van der Waals surface area contributed by atoms with Crippen LogP contribution in [0.25, 0.3) is 108 Å². The Kier molecular flexibility index (Phi) is 28.9. The van der Waals surface area contributed by atoms with Gasteiger partial charge in [0, 0.05) is 167 Å². The maximum Gasteiger partial charge on any atom is 0.410 e. The molecule has 17 rings (SSSR count). The molecule has 0 atom stereocenters. The summed E-state index contributed by atoms with van der Waals surface area (Å²) in [6, 6.07) is 59.9. The summed E-state index contributed by atoms with van der Waals surface area (Å²) in [5, 5.41) is 14.5. The van der Waals surface area contributed by atoms with E-state index < -0.39 is 11.6 Å². The molecule has 27 heteroatoms. The molecule has 17 nitrogen and oxygen atoms in total. The molecule has 0 saturated carbocycles. The van der Waals surface area contributed by atoms with Gasteiger partial charge in [-0.2, -0.15) is 0 Å². The molecule has 0 radical (unpaired) electrons. The van der Waals surface area contributed by atoms with Crippen molar-refractivity contribution in [1.82, 2.24) is 44.9 Å². The molecule has 2 fully saturated rings. The number of hydrogen-bond acceptors (Lipinski definition) is 18. The number of pyridine rings is 5. The largest absolute Gasteiger partial charge is 0.477 e. The van der Waals surface area contributed by atoms with Gasteiger partial charge >= 0.3 is 18.0 Å². The minimum absolute atomic E-state index is 0.0557. The summed E-state index contributed by atoms with van der Waals surface area (Å²) in [6.07, 6.45) is 16.8. The molecule has 0 spiro atoms. The van der Waals surface area contributed by atoms with Crippen molar-refractivity contribution in [3.05, 3.63) is 328 Å². The quantitative estimate of drug-likeness (QED) is 0.0723. The van der Waals surface area contributed by atoms with Crippen molar-refractivity contribution >= 4 is 86.5 Å². The third-order valence-corrected chi connectivity index (χ3v) is 24.5. The number of amides is 3. The Morgan fingerprint density at radius 1 is 0.364 bits per heavy atom. The predicted octanol–water partition coefficient (Wildman–Crippen LogP) is 22.7. The second-order valence-corrected chi connectivity index (χ2v) is 33.2. The van der Waals surface area contributed by atoms with E-state index in [1.54, 1.807) is 145 Å². The standard InChI is InChI=1S/C25H26FN3O3S.C20H18FN3OS.C18H14FNO2S.C16H10FNO2S.C15H10FNS/c1-25(2,3)32-24(31)29-14-12-28(13-15-29)23(30)21-16-20(17-8-10-27-11-9-17)22(33-21)18-4-6-19(26)7-5-18;21-16-3-1-15(2-4-16)19-17(14-5-7-22-8-6-14)13-18(26-19)20(25)24-11-9-23-10-12-24;1-2-22-18(21)16-11-15(12-7-9-20-10-8-12)17(23-16)13-3-5-14(19)6-4-13;17-12-3-1-11(2-4-12)15-13(9-14(21-15)16(19)20)10-5-7-18-8-6-10;16-13-3-1-12(2-4-13)15-14(7-10-18-15)11-5-8-17-9-6-11/h4-11,16H,12-15H2,1-3H3;1-8,13,23H,9-12H2;3-11H,2H2,1H3;1-9H,(H,19,20);1-10H. The molecule has 2 saturated heterocycles. The second kappa shape index (κ2) is 40.7. The number of rotatable bonds is 15. The Hall–Kier alpha value is -12.9. The lowest BCUT2D eigenvalue weighted by atomic mass is 10.0. The van der Waals surface area contributed by atoms with Crippen LogP contribution >= 0.6 is 56.7 Å². The lowest BCUT2D eigenvalue weighted by Crippen LogP contribution is -2.51. The molecule has 3 amide bonds.